The first-order valence-electron chi connectivity index (χ1n) is 13.4. The Kier molecular flexibility index (Phi) is 5.84. The monoisotopic (exact) mass is 560 g/mol. The molecule has 0 unspecified atom stereocenters. The maximum absolute atomic E-state index is 14.8. The number of hydrogen-bond donors (Lipinski definition) is 1. The molecule has 1 amide bonds. The van der Waals surface area contributed by atoms with Crippen molar-refractivity contribution in [3.8, 4) is 5.75 Å². The number of halogens is 1. The molecule has 1 saturated heterocycles. The number of Topliss-reactive ketones (excluding diaryl/α,β-unsaturated/α-hetero) is 2. The van der Waals surface area contributed by atoms with Gasteiger partial charge in [-0.1, -0.05) is 66.2 Å². The lowest BCUT2D eigenvalue weighted by Crippen LogP contribution is -2.49. The molecule has 4 aromatic carbocycles. The van der Waals surface area contributed by atoms with Crippen molar-refractivity contribution in [1.29, 1.82) is 0 Å². The molecule has 202 valence electrons. The Morgan fingerprint density at radius 1 is 0.878 bits per heavy atom. The summed E-state index contributed by atoms with van der Waals surface area (Å²) in [4.78, 5) is 45.7. The fraction of sp³-hybridized carbons (Fsp3) is 0.147. The lowest BCUT2D eigenvalue weighted by molar-refractivity contribution is -0.122. The number of anilines is 1. The van der Waals surface area contributed by atoms with Gasteiger partial charge >= 0.3 is 0 Å². The van der Waals surface area contributed by atoms with Crippen LogP contribution in [0.1, 0.15) is 43.4 Å². The Hall–Kier alpha value is -4.68. The van der Waals surface area contributed by atoms with E-state index in [0.717, 1.165) is 11.1 Å². The minimum absolute atomic E-state index is 0.258. The van der Waals surface area contributed by atoms with E-state index in [1.54, 1.807) is 48.5 Å². The average molecular weight is 561 g/mol. The lowest BCUT2D eigenvalue weighted by atomic mass is 9.62. The second-order valence-electron chi connectivity index (χ2n) is 10.6. The van der Waals surface area contributed by atoms with Crippen LogP contribution in [0.2, 0.25) is 5.02 Å². The van der Waals surface area contributed by atoms with Gasteiger partial charge in [0.1, 0.15) is 17.2 Å². The fourth-order valence-electron chi connectivity index (χ4n) is 6.91. The zero-order chi connectivity index (χ0) is 28.3. The van der Waals surface area contributed by atoms with Crippen LogP contribution in [0.4, 0.5) is 5.69 Å². The number of ether oxygens (including phenoxy) is 1. The summed E-state index contributed by atoms with van der Waals surface area (Å²) in [5, 5.41) is 3.57. The number of rotatable bonds is 5. The highest BCUT2D eigenvalue weighted by Crippen LogP contribution is 2.62. The van der Waals surface area contributed by atoms with Gasteiger partial charge in [-0.25, -0.2) is 0 Å². The van der Waals surface area contributed by atoms with E-state index < -0.39 is 23.4 Å². The van der Waals surface area contributed by atoms with Crippen LogP contribution in [0.3, 0.4) is 0 Å². The lowest BCUT2D eigenvalue weighted by Gasteiger charge is -2.38. The summed E-state index contributed by atoms with van der Waals surface area (Å²) in [6, 6.07) is 27.3. The molecule has 0 bridgehead atoms. The summed E-state index contributed by atoms with van der Waals surface area (Å²) in [5.74, 6) is -1.40. The number of nitrogens with one attached hydrogen (secondary N) is 1. The zero-order valence-corrected chi connectivity index (χ0v) is 22.8. The van der Waals surface area contributed by atoms with E-state index in [9.17, 15) is 14.4 Å². The van der Waals surface area contributed by atoms with E-state index in [-0.39, 0.29) is 17.5 Å². The minimum atomic E-state index is -1.38. The summed E-state index contributed by atoms with van der Waals surface area (Å²) in [7, 11) is 1.54. The van der Waals surface area contributed by atoms with Gasteiger partial charge in [0.25, 0.3) is 0 Å². The first kappa shape index (κ1) is 25.3. The zero-order valence-electron chi connectivity index (χ0n) is 22.1. The van der Waals surface area contributed by atoms with E-state index in [0.29, 0.717) is 33.1 Å². The molecule has 1 N–H and O–H groups in total. The molecule has 7 heteroatoms. The summed E-state index contributed by atoms with van der Waals surface area (Å²) in [5.41, 5.74) is 2.58. The van der Waals surface area contributed by atoms with E-state index in [4.69, 9.17) is 16.3 Å². The van der Waals surface area contributed by atoms with Crippen molar-refractivity contribution >= 4 is 40.8 Å². The molecular weight excluding hydrogens is 536 g/mol. The second-order valence-corrected chi connectivity index (χ2v) is 11.0. The van der Waals surface area contributed by atoms with Gasteiger partial charge in [-0.15, -0.1) is 0 Å². The van der Waals surface area contributed by atoms with Crippen molar-refractivity contribution in [2.75, 3.05) is 12.4 Å². The van der Waals surface area contributed by atoms with Gasteiger partial charge in [0, 0.05) is 28.0 Å². The van der Waals surface area contributed by atoms with Gasteiger partial charge in [0.05, 0.1) is 19.1 Å². The molecule has 0 aromatic heterocycles. The number of para-hydroxylation sites is 1. The Bertz CT molecular complexity index is 1760. The Morgan fingerprint density at radius 3 is 2.44 bits per heavy atom. The van der Waals surface area contributed by atoms with Gasteiger partial charge < -0.3 is 15.0 Å². The number of nitrogens with zero attached hydrogens (tertiary/aromatic N) is 1. The Labute approximate surface area is 242 Å². The van der Waals surface area contributed by atoms with E-state index >= 15 is 0 Å². The Morgan fingerprint density at radius 2 is 1.63 bits per heavy atom. The number of benzene rings is 4. The predicted molar refractivity (Wildman–Crippen MR) is 157 cm³/mol. The molecule has 0 radical (unpaired) electrons. The van der Waals surface area contributed by atoms with Crippen LogP contribution in [0.25, 0.3) is 6.08 Å². The van der Waals surface area contributed by atoms with Crippen molar-refractivity contribution in [1.82, 2.24) is 4.90 Å². The van der Waals surface area contributed by atoms with Crippen LogP contribution in [0.5, 0.6) is 5.75 Å². The number of amides is 1. The van der Waals surface area contributed by atoms with Crippen molar-refractivity contribution in [3.63, 3.8) is 0 Å². The SMILES string of the molecule is COc1cccc(C(=O)[C@@H]2[C@H](C(=O)c3ccc(Cl)cc3)N3C=Cc4ccccc4[C@@H]3[C@]23C(=O)Nc2ccccc23)c1. The summed E-state index contributed by atoms with van der Waals surface area (Å²) >= 11 is 6.15. The number of ketones is 2. The van der Waals surface area contributed by atoms with Crippen LogP contribution in [0, 0.1) is 5.92 Å². The smallest absolute Gasteiger partial charge is 0.238 e. The highest BCUT2D eigenvalue weighted by atomic mass is 35.5. The molecule has 0 aliphatic carbocycles. The molecule has 1 fully saturated rings. The molecule has 3 aliphatic heterocycles. The highest BCUT2D eigenvalue weighted by molar-refractivity contribution is 6.30. The molecule has 7 rings (SSSR count). The van der Waals surface area contributed by atoms with Crippen LogP contribution in [-0.2, 0) is 10.2 Å². The first-order valence-corrected chi connectivity index (χ1v) is 13.8. The standard InChI is InChI=1S/C34H25ClN2O4/c1-41-24-9-6-8-22(19-24)30(38)28-29(31(39)21-13-15-23(35)16-14-21)37-18-17-20-7-2-3-10-25(20)32(37)34(28)26-11-4-5-12-27(26)36-33(34)40/h2-19,28-29,32H,1H3,(H,36,40)/t28-,29+,32+,34+/m0/s1. The largest absolute Gasteiger partial charge is 0.497 e. The third kappa shape index (κ3) is 3.60. The molecule has 3 aliphatic rings. The number of fused-ring (bicyclic) bond motifs is 6. The molecular formula is C34H25ClN2O4. The topological polar surface area (TPSA) is 75.7 Å². The van der Waals surface area contributed by atoms with Gasteiger partial charge in [0.15, 0.2) is 11.6 Å². The van der Waals surface area contributed by atoms with Gasteiger partial charge in [-0.2, -0.15) is 0 Å². The van der Waals surface area contributed by atoms with Gasteiger partial charge in [-0.05, 0) is 65.2 Å². The average Bonchev–Trinajstić information content (AvgIpc) is 3.49. The normalized spacial score (nSPS) is 23.5. The molecule has 1 spiro atoms. The second kappa shape index (κ2) is 9.46. The highest BCUT2D eigenvalue weighted by Gasteiger charge is 2.70. The number of methoxy groups -OCH3 is 1. The molecule has 3 heterocycles. The molecule has 41 heavy (non-hydrogen) atoms. The van der Waals surface area contributed by atoms with Crippen molar-refractivity contribution in [2.45, 2.75) is 17.5 Å². The van der Waals surface area contributed by atoms with Crippen molar-refractivity contribution < 1.29 is 19.1 Å². The summed E-state index contributed by atoms with van der Waals surface area (Å²) < 4.78 is 5.43. The van der Waals surface area contributed by atoms with Crippen LogP contribution >= 0.6 is 11.6 Å². The number of carbonyl (C=O) groups excluding carboxylic acids is 3. The summed E-state index contributed by atoms with van der Waals surface area (Å²) in [6.45, 7) is 0. The van der Waals surface area contributed by atoms with E-state index in [1.807, 2.05) is 65.7 Å². The number of carbonyl (C=O) groups is 3. The number of hydrogen-bond acceptors (Lipinski definition) is 5. The van der Waals surface area contributed by atoms with Crippen LogP contribution in [0.15, 0.2) is 103 Å². The van der Waals surface area contributed by atoms with Crippen LogP contribution in [-0.4, -0.2) is 35.5 Å². The third-order valence-corrected chi connectivity index (χ3v) is 8.86. The predicted octanol–water partition coefficient (Wildman–Crippen LogP) is 6.33. The third-order valence-electron chi connectivity index (χ3n) is 8.60. The quantitative estimate of drug-likeness (QED) is 0.289. The molecule has 6 nitrogen and oxygen atoms in total. The van der Waals surface area contributed by atoms with Crippen molar-refractivity contribution in [2.24, 2.45) is 5.92 Å². The van der Waals surface area contributed by atoms with E-state index in [2.05, 4.69) is 5.32 Å². The first-order chi connectivity index (χ1) is 19.9. The minimum Gasteiger partial charge on any atom is -0.497 e. The maximum atomic E-state index is 14.8. The molecule has 4 aromatic rings. The molecule has 4 atom stereocenters. The fourth-order valence-corrected chi connectivity index (χ4v) is 7.03. The summed E-state index contributed by atoms with van der Waals surface area (Å²) in [6.07, 6.45) is 3.80. The maximum Gasteiger partial charge on any atom is 0.238 e. The van der Waals surface area contributed by atoms with Crippen molar-refractivity contribution in [3.05, 3.63) is 136 Å². The van der Waals surface area contributed by atoms with E-state index in [1.165, 1.54) is 7.11 Å². The Balaban J connectivity index is 1.53. The van der Waals surface area contributed by atoms with Gasteiger partial charge in [0.2, 0.25) is 5.91 Å². The van der Waals surface area contributed by atoms with Crippen LogP contribution < -0.4 is 10.1 Å². The van der Waals surface area contributed by atoms with Gasteiger partial charge in [-0.3, -0.25) is 14.4 Å². The molecule has 0 saturated carbocycles.